The highest BCUT2D eigenvalue weighted by atomic mass is 35.5. The number of hydrogen-bond donors (Lipinski definition) is 2. The molecule has 0 heterocycles. The molecule has 0 aliphatic carbocycles. The molecule has 0 radical (unpaired) electrons. The minimum atomic E-state index is -1.29. The van der Waals surface area contributed by atoms with Gasteiger partial charge in [0.25, 0.3) is 0 Å². The van der Waals surface area contributed by atoms with Crippen molar-refractivity contribution in [2.24, 2.45) is 0 Å². The molecular formula is C19H17ClFNO4. The molecule has 0 aliphatic heterocycles. The molecule has 0 fully saturated rings. The molecule has 0 saturated carbocycles. The zero-order valence-corrected chi connectivity index (χ0v) is 14.5. The molecule has 5 nitrogen and oxygen atoms in total. The van der Waals surface area contributed by atoms with E-state index in [1.165, 1.54) is 12.1 Å². The number of aromatic carboxylic acids is 1. The van der Waals surface area contributed by atoms with Gasteiger partial charge in [-0.1, -0.05) is 54.1 Å². The van der Waals surface area contributed by atoms with Crippen LogP contribution in [0.2, 0.25) is 5.02 Å². The first-order valence-electron chi connectivity index (χ1n) is 7.81. The normalized spacial score (nSPS) is 10.7. The second kappa shape index (κ2) is 9.58. The molecule has 136 valence electrons. The van der Waals surface area contributed by atoms with Crippen molar-refractivity contribution < 1.29 is 23.8 Å². The van der Waals surface area contributed by atoms with Crippen molar-refractivity contribution in [2.45, 2.75) is 13.0 Å². The number of amides is 1. The number of nitrogens with one attached hydrogen (secondary N) is 1. The maximum atomic E-state index is 13.8. The average Bonchev–Trinajstić information content (AvgIpc) is 2.62. The fourth-order valence-electron chi connectivity index (χ4n) is 2.10. The fraction of sp³-hybridized carbons (Fsp3) is 0.158. The molecule has 7 heteroatoms. The minimum Gasteiger partial charge on any atom is -0.478 e. The third-order valence-corrected chi connectivity index (χ3v) is 3.72. The van der Waals surface area contributed by atoms with E-state index in [9.17, 15) is 14.0 Å². The Labute approximate surface area is 155 Å². The molecule has 2 rings (SSSR count). The summed E-state index contributed by atoms with van der Waals surface area (Å²) < 4.78 is 18.9. The summed E-state index contributed by atoms with van der Waals surface area (Å²) in [5.41, 5.74) is 0.774. The highest BCUT2D eigenvalue weighted by Crippen LogP contribution is 2.22. The lowest BCUT2D eigenvalue weighted by Gasteiger charge is -2.06. The molecule has 2 aromatic carbocycles. The van der Waals surface area contributed by atoms with Gasteiger partial charge in [0.05, 0.1) is 10.6 Å². The molecule has 0 unspecified atom stereocenters. The van der Waals surface area contributed by atoms with Gasteiger partial charge in [-0.05, 0) is 24.1 Å². The standard InChI is InChI=1S/C19H17ClFNO4/c20-16-10-14(17(21)11-15(16)18(23)24)8-4-5-9-22-19(25)26-12-13-6-2-1-3-7-13/h1-4,6-8,10-11H,5,9,12H2,(H,22,25)(H,23,24). The van der Waals surface area contributed by atoms with Crippen molar-refractivity contribution in [2.75, 3.05) is 6.54 Å². The summed E-state index contributed by atoms with van der Waals surface area (Å²) in [6.45, 7) is 0.495. The maximum Gasteiger partial charge on any atom is 0.407 e. The molecule has 0 spiro atoms. The molecule has 0 aliphatic rings. The number of halogens is 2. The van der Waals surface area contributed by atoms with E-state index in [1.54, 1.807) is 6.08 Å². The Morgan fingerprint density at radius 3 is 2.65 bits per heavy atom. The Balaban J connectivity index is 1.76. The number of carboxylic acid groups (broad SMARTS) is 1. The Morgan fingerprint density at radius 2 is 1.96 bits per heavy atom. The smallest absolute Gasteiger partial charge is 0.407 e. The van der Waals surface area contributed by atoms with Crippen molar-refractivity contribution >= 4 is 29.7 Å². The molecule has 26 heavy (non-hydrogen) atoms. The highest BCUT2D eigenvalue weighted by molar-refractivity contribution is 6.33. The maximum absolute atomic E-state index is 13.8. The number of carbonyl (C=O) groups excluding carboxylic acids is 1. The molecule has 0 aromatic heterocycles. The van der Waals surface area contributed by atoms with Crippen LogP contribution in [0.3, 0.4) is 0 Å². The number of ether oxygens (including phenoxy) is 1. The van der Waals surface area contributed by atoms with Crippen LogP contribution in [-0.4, -0.2) is 23.7 Å². The van der Waals surface area contributed by atoms with E-state index in [0.717, 1.165) is 11.6 Å². The van der Waals surface area contributed by atoms with E-state index in [-0.39, 0.29) is 22.8 Å². The van der Waals surface area contributed by atoms with Crippen molar-refractivity contribution in [3.05, 3.63) is 76.1 Å². The fourth-order valence-corrected chi connectivity index (χ4v) is 2.35. The van der Waals surface area contributed by atoms with Crippen LogP contribution in [0, 0.1) is 5.82 Å². The van der Waals surface area contributed by atoms with Crippen LogP contribution in [0.5, 0.6) is 0 Å². The largest absolute Gasteiger partial charge is 0.478 e. The zero-order valence-electron chi connectivity index (χ0n) is 13.7. The Kier molecular flexibility index (Phi) is 7.17. The molecular weight excluding hydrogens is 361 g/mol. The summed E-state index contributed by atoms with van der Waals surface area (Å²) >= 11 is 5.81. The third-order valence-electron chi connectivity index (χ3n) is 3.41. The van der Waals surface area contributed by atoms with Gasteiger partial charge in [-0.2, -0.15) is 0 Å². The monoisotopic (exact) mass is 377 g/mol. The SMILES string of the molecule is O=C(NCCC=Cc1cc(Cl)c(C(=O)O)cc1F)OCc1ccccc1. The van der Waals surface area contributed by atoms with Crippen LogP contribution in [0.25, 0.3) is 6.08 Å². The zero-order chi connectivity index (χ0) is 18.9. The van der Waals surface area contributed by atoms with Gasteiger partial charge >= 0.3 is 12.1 Å². The van der Waals surface area contributed by atoms with Crippen LogP contribution < -0.4 is 5.32 Å². The van der Waals surface area contributed by atoms with Gasteiger partial charge in [0.1, 0.15) is 12.4 Å². The highest BCUT2D eigenvalue weighted by Gasteiger charge is 2.12. The lowest BCUT2D eigenvalue weighted by atomic mass is 10.1. The Morgan fingerprint density at radius 1 is 1.23 bits per heavy atom. The van der Waals surface area contributed by atoms with E-state index < -0.39 is 17.9 Å². The van der Waals surface area contributed by atoms with Gasteiger partial charge in [0.15, 0.2) is 0 Å². The van der Waals surface area contributed by atoms with Gasteiger partial charge in [0.2, 0.25) is 0 Å². The van der Waals surface area contributed by atoms with Crippen molar-refractivity contribution in [3.63, 3.8) is 0 Å². The first kappa shape index (κ1) is 19.5. The van der Waals surface area contributed by atoms with Gasteiger partial charge in [-0.25, -0.2) is 14.0 Å². The Hall–Kier alpha value is -2.86. The number of alkyl carbamates (subject to hydrolysis) is 1. The second-order valence-electron chi connectivity index (χ2n) is 5.34. The van der Waals surface area contributed by atoms with Crippen LogP contribution >= 0.6 is 11.6 Å². The topological polar surface area (TPSA) is 75.6 Å². The summed E-state index contributed by atoms with van der Waals surface area (Å²) in [5, 5.41) is 11.4. The molecule has 0 saturated heterocycles. The van der Waals surface area contributed by atoms with Gasteiger partial charge in [-0.15, -0.1) is 0 Å². The molecule has 0 atom stereocenters. The van der Waals surface area contributed by atoms with Gasteiger partial charge < -0.3 is 15.2 Å². The summed E-state index contributed by atoms with van der Waals surface area (Å²) in [4.78, 5) is 22.4. The van der Waals surface area contributed by atoms with Crippen LogP contribution in [0.4, 0.5) is 9.18 Å². The van der Waals surface area contributed by atoms with E-state index in [2.05, 4.69) is 5.32 Å². The van der Waals surface area contributed by atoms with Crippen molar-refractivity contribution in [3.8, 4) is 0 Å². The Bertz CT molecular complexity index is 809. The lowest BCUT2D eigenvalue weighted by molar-refractivity contribution is 0.0696. The van der Waals surface area contributed by atoms with Crippen molar-refractivity contribution in [1.82, 2.24) is 5.32 Å². The van der Waals surface area contributed by atoms with Crippen LogP contribution in [0.1, 0.15) is 27.9 Å². The number of hydrogen-bond acceptors (Lipinski definition) is 3. The summed E-state index contributed by atoms with van der Waals surface area (Å²) in [6.07, 6.45) is 3.02. The van der Waals surface area contributed by atoms with E-state index in [0.29, 0.717) is 13.0 Å². The average molecular weight is 378 g/mol. The lowest BCUT2D eigenvalue weighted by Crippen LogP contribution is -2.24. The summed E-state index contributed by atoms with van der Waals surface area (Å²) in [5.74, 6) is -1.97. The van der Waals surface area contributed by atoms with Crippen LogP contribution in [0.15, 0.2) is 48.5 Å². The summed E-state index contributed by atoms with van der Waals surface area (Å²) in [6, 6.07) is 11.4. The summed E-state index contributed by atoms with van der Waals surface area (Å²) in [7, 11) is 0. The van der Waals surface area contributed by atoms with Crippen molar-refractivity contribution in [1.29, 1.82) is 0 Å². The third kappa shape index (κ3) is 5.89. The molecule has 1 amide bonds. The van der Waals surface area contributed by atoms with E-state index in [1.807, 2.05) is 30.3 Å². The molecule has 2 N–H and O–H groups in total. The van der Waals surface area contributed by atoms with E-state index in [4.69, 9.17) is 21.4 Å². The number of carboxylic acids is 1. The quantitative estimate of drug-likeness (QED) is 0.696. The van der Waals surface area contributed by atoms with Gasteiger partial charge in [-0.3, -0.25) is 0 Å². The number of carbonyl (C=O) groups is 2. The van der Waals surface area contributed by atoms with E-state index >= 15 is 0 Å². The second-order valence-corrected chi connectivity index (χ2v) is 5.75. The number of rotatable bonds is 7. The molecule has 2 aromatic rings. The number of benzene rings is 2. The van der Waals surface area contributed by atoms with Gasteiger partial charge in [0, 0.05) is 12.1 Å². The predicted molar refractivity (Wildman–Crippen MR) is 96.7 cm³/mol. The minimum absolute atomic E-state index is 0.0406. The molecule has 0 bridgehead atoms. The first-order chi connectivity index (χ1) is 12.5. The first-order valence-corrected chi connectivity index (χ1v) is 8.18. The van der Waals surface area contributed by atoms with Crippen LogP contribution in [-0.2, 0) is 11.3 Å². The predicted octanol–water partition coefficient (Wildman–Crippen LogP) is 4.51.